The Balaban J connectivity index is 1.26. The lowest BCUT2D eigenvalue weighted by atomic mass is 10.2. The Morgan fingerprint density at radius 1 is 1.12 bits per heavy atom. The molecule has 0 aliphatic carbocycles. The van der Waals surface area contributed by atoms with Gasteiger partial charge in [0.1, 0.15) is 10.6 Å². The smallest absolute Gasteiger partial charge is 0.267 e. The van der Waals surface area contributed by atoms with Crippen molar-refractivity contribution < 1.29 is 9.53 Å². The minimum Gasteiger partial charge on any atom is -0.495 e. The summed E-state index contributed by atoms with van der Waals surface area (Å²) in [7, 11) is 1.60. The van der Waals surface area contributed by atoms with Crippen molar-refractivity contribution >= 4 is 33.5 Å². The maximum Gasteiger partial charge on any atom is 0.267 e. The number of ether oxygens (including phenoxy) is 1. The van der Waals surface area contributed by atoms with E-state index in [2.05, 4.69) is 9.88 Å². The van der Waals surface area contributed by atoms with E-state index in [0.717, 1.165) is 29.2 Å². The highest BCUT2D eigenvalue weighted by molar-refractivity contribution is 7.17. The zero-order chi connectivity index (χ0) is 22.1. The van der Waals surface area contributed by atoms with Gasteiger partial charge in [-0.25, -0.2) is 4.98 Å². The van der Waals surface area contributed by atoms with Crippen LogP contribution >= 0.6 is 22.7 Å². The monoisotopic (exact) mass is 466 g/mol. The van der Waals surface area contributed by atoms with Gasteiger partial charge in [0.2, 0.25) is 0 Å². The van der Waals surface area contributed by atoms with Crippen molar-refractivity contribution in [1.82, 2.24) is 19.2 Å². The van der Waals surface area contributed by atoms with E-state index in [1.807, 2.05) is 46.7 Å². The van der Waals surface area contributed by atoms with Crippen molar-refractivity contribution in [3.63, 3.8) is 0 Å². The van der Waals surface area contributed by atoms with Crippen LogP contribution in [-0.4, -0.2) is 58.4 Å². The third kappa shape index (κ3) is 4.06. The molecular weight excluding hydrogens is 444 g/mol. The zero-order valence-corrected chi connectivity index (χ0v) is 19.2. The fourth-order valence-corrected chi connectivity index (χ4v) is 5.71. The summed E-state index contributed by atoms with van der Waals surface area (Å²) in [5.74, 6) is 0.625. The molecule has 1 aliphatic rings. The largest absolute Gasteiger partial charge is 0.495 e. The van der Waals surface area contributed by atoms with Gasteiger partial charge in [0.25, 0.3) is 11.5 Å². The van der Waals surface area contributed by atoms with E-state index in [1.54, 1.807) is 23.8 Å². The SMILES string of the molecule is COc1cc(-c2ccccc2)sc1C(=O)N1CCN(Cc2cc(=O)n3ccsc3n2)CC1. The second-order valence-electron chi connectivity index (χ2n) is 7.58. The number of thiazole rings is 1. The number of carbonyl (C=O) groups is 1. The lowest BCUT2D eigenvalue weighted by molar-refractivity contribution is 0.0629. The number of hydrogen-bond donors (Lipinski definition) is 0. The number of hydrogen-bond acceptors (Lipinski definition) is 7. The number of piperazine rings is 1. The van der Waals surface area contributed by atoms with E-state index < -0.39 is 0 Å². The number of benzene rings is 1. The van der Waals surface area contributed by atoms with Crippen LogP contribution in [0.2, 0.25) is 0 Å². The molecule has 7 nitrogen and oxygen atoms in total. The fraction of sp³-hybridized carbons (Fsp3) is 0.261. The summed E-state index contributed by atoms with van der Waals surface area (Å²) >= 11 is 2.92. The molecule has 164 valence electrons. The molecule has 0 spiro atoms. The van der Waals surface area contributed by atoms with Crippen LogP contribution in [0.5, 0.6) is 5.75 Å². The summed E-state index contributed by atoms with van der Waals surface area (Å²) < 4.78 is 7.07. The molecule has 9 heteroatoms. The Kier molecular flexibility index (Phi) is 5.77. The average Bonchev–Trinajstić information content (AvgIpc) is 3.47. The van der Waals surface area contributed by atoms with Gasteiger partial charge in [-0.15, -0.1) is 22.7 Å². The number of aromatic nitrogens is 2. The van der Waals surface area contributed by atoms with E-state index in [0.29, 0.717) is 35.2 Å². The molecule has 0 radical (unpaired) electrons. The first-order valence-electron chi connectivity index (χ1n) is 10.3. The van der Waals surface area contributed by atoms with Gasteiger partial charge in [-0.05, 0) is 11.6 Å². The first-order valence-corrected chi connectivity index (χ1v) is 12.0. The van der Waals surface area contributed by atoms with Crippen molar-refractivity contribution in [2.45, 2.75) is 6.54 Å². The minimum atomic E-state index is -0.0564. The fourth-order valence-electron chi connectivity index (χ4n) is 3.87. The standard InChI is InChI=1S/C23H22N4O3S2/c1-30-18-14-19(16-5-3-2-4-6-16)32-21(18)22(29)26-9-7-25(8-10-26)15-17-13-20(28)27-11-12-31-23(27)24-17/h2-6,11-14H,7-10,15H2,1H3. The third-order valence-corrected chi connectivity index (χ3v) is 7.48. The predicted molar refractivity (Wildman–Crippen MR) is 127 cm³/mol. The molecule has 0 saturated carbocycles. The predicted octanol–water partition coefficient (Wildman–Crippen LogP) is 3.45. The van der Waals surface area contributed by atoms with Gasteiger partial charge < -0.3 is 9.64 Å². The van der Waals surface area contributed by atoms with Gasteiger partial charge in [-0.2, -0.15) is 0 Å². The van der Waals surface area contributed by atoms with Crippen molar-refractivity contribution in [3.8, 4) is 16.2 Å². The Hall–Kier alpha value is -3.01. The molecular formula is C23H22N4O3S2. The zero-order valence-electron chi connectivity index (χ0n) is 17.6. The molecule has 4 heterocycles. The molecule has 32 heavy (non-hydrogen) atoms. The second-order valence-corrected chi connectivity index (χ2v) is 9.51. The Labute approximate surface area is 193 Å². The van der Waals surface area contributed by atoms with E-state index in [-0.39, 0.29) is 11.5 Å². The van der Waals surface area contributed by atoms with E-state index >= 15 is 0 Å². The van der Waals surface area contributed by atoms with Crippen molar-refractivity contribution in [2.75, 3.05) is 33.3 Å². The molecule has 1 amide bonds. The molecule has 0 atom stereocenters. The Bertz CT molecular complexity index is 1300. The van der Waals surface area contributed by atoms with Crippen LogP contribution in [0.1, 0.15) is 15.4 Å². The molecule has 4 aromatic rings. The quantitative estimate of drug-likeness (QED) is 0.451. The molecule has 0 bridgehead atoms. The average molecular weight is 467 g/mol. The molecule has 1 aromatic carbocycles. The van der Waals surface area contributed by atoms with Crippen LogP contribution in [-0.2, 0) is 6.54 Å². The molecule has 0 unspecified atom stereocenters. The van der Waals surface area contributed by atoms with Gasteiger partial charge in [0.15, 0.2) is 4.96 Å². The number of thiophene rings is 1. The topological polar surface area (TPSA) is 67.2 Å². The van der Waals surface area contributed by atoms with Crippen LogP contribution in [0.4, 0.5) is 0 Å². The summed E-state index contributed by atoms with van der Waals surface area (Å²) in [6, 6.07) is 13.6. The highest BCUT2D eigenvalue weighted by Crippen LogP contribution is 2.37. The van der Waals surface area contributed by atoms with Gasteiger partial charge in [-0.3, -0.25) is 18.9 Å². The highest BCUT2D eigenvalue weighted by atomic mass is 32.1. The number of methoxy groups -OCH3 is 1. The number of amides is 1. The molecule has 1 aliphatic heterocycles. The molecule has 5 rings (SSSR count). The first kappa shape index (κ1) is 20.9. The van der Waals surface area contributed by atoms with Gasteiger partial charge in [0.05, 0.1) is 12.8 Å². The maximum absolute atomic E-state index is 13.2. The van der Waals surface area contributed by atoms with Gasteiger partial charge in [0, 0.05) is 55.2 Å². The molecule has 1 fully saturated rings. The minimum absolute atomic E-state index is 0.00468. The highest BCUT2D eigenvalue weighted by Gasteiger charge is 2.27. The van der Waals surface area contributed by atoms with Crippen molar-refractivity contribution in [2.24, 2.45) is 0 Å². The van der Waals surface area contributed by atoms with Crippen LogP contribution in [0, 0.1) is 0 Å². The second kappa shape index (κ2) is 8.85. The third-order valence-electron chi connectivity index (χ3n) is 5.57. The lowest BCUT2D eigenvalue weighted by Crippen LogP contribution is -2.48. The number of nitrogens with zero attached hydrogens (tertiary/aromatic N) is 4. The van der Waals surface area contributed by atoms with Crippen LogP contribution in [0.3, 0.4) is 0 Å². The first-order chi connectivity index (χ1) is 15.6. The summed E-state index contributed by atoms with van der Waals surface area (Å²) in [5, 5.41) is 1.86. The summed E-state index contributed by atoms with van der Waals surface area (Å²) in [6.07, 6.45) is 1.74. The van der Waals surface area contributed by atoms with E-state index in [9.17, 15) is 9.59 Å². The Morgan fingerprint density at radius 3 is 2.66 bits per heavy atom. The van der Waals surface area contributed by atoms with Crippen molar-refractivity contribution in [1.29, 1.82) is 0 Å². The van der Waals surface area contributed by atoms with Gasteiger partial charge in [-0.1, -0.05) is 30.3 Å². The lowest BCUT2D eigenvalue weighted by Gasteiger charge is -2.34. The van der Waals surface area contributed by atoms with Crippen LogP contribution in [0.15, 0.2) is 58.8 Å². The van der Waals surface area contributed by atoms with Gasteiger partial charge >= 0.3 is 0 Å². The molecule has 3 aromatic heterocycles. The Morgan fingerprint density at radius 2 is 1.91 bits per heavy atom. The van der Waals surface area contributed by atoms with E-state index in [4.69, 9.17) is 4.74 Å². The summed E-state index contributed by atoms with van der Waals surface area (Å²) in [5.41, 5.74) is 1.79. The maximum atomic E-state index is 13.2. The van der Waals surface area contributed by atoms with E-state index in [1.165, 1.54) is 22.7 Å². The van der Waals surface area contributed by atoms with Crippen LogP contribution < -0.4 is 10.3 Å². The summed E-state index contributed by atoms with van der Waals surface area (Å²) in [4.78, 5) is 36.5. The number of fused-ring (bicyclic) bond motifs is 1. The number of carbonyl (C=O) groups excluding carboxylic acids is 1. The van der Waals surface area contributed by atoms with Crippen LogP contribution in [0.25, 0.3) is 15.4 Å². The summed E-state index contributed by atoms with van der Waals surface area (Å²) in [6.45, 7) is 3.32. The molecule has 0 N–H and O–H groups in total. The number of rotatable bonds is 5. The van der Waals surface area contributed by atoms with Crippen molar-refractivity contribution in [3.05, 3.63) is 75.0 Å². The normalized spacial score (nSPS) is 14.7. The molecule has 1 saturated heterocycles.